The summed E-state index contributed by atoms with van der Waals surface area (Å²) in [6.45, 7) is 3.74. The lowest BCUT2D eigenvalue weighted by atomic mass is 10.0. The number of carbonyl (C=O) groups excluding carboxylic acids is 1. The molecule has 2 N–H and O–H groups in total. The van der Waals surface area contributed by atoms with Gasteiger partial charge in [0.05, 0.1) is 12.2 Å². The molecule has 0 aliphatic carbocycles. The Labute approximate surface area is 115 Å². The zero-order chi connectivity index (χ0) is 14.7. The van der Waals surface area contributed by atoms with Crippen molar-refractivity contribution in [2.75, 3.05) is 6.61 Å². The van der Waals surface area contributed by atoms with Gasteiger partial charge in [0.2, 0.25) is 0 Å². The molecule has 0 bridgehead atoms. The number of hydrogen-bond acceptors (Lipinski definition) is 4. The molecular formula is C14H14N2O4. The number of aromatic amines is 1. The van der Waals surface area contributed by atoms with Gasteiger partial charge in [-0.05, 0) is 26.0 Å². The normalized spacial score (nSPS) is 10.3. The van der Waals surface area contributed by atoms with E-state index >= 15 is 0 Å². The van der Waals surface area contributed by atoms with Gasteiger partial charge in [0, 0.05) is 11.3 Å². The average molecular weight is 274 g/mol. The fourth-order valence-electron chi connectivity index (χ4n) is 1.86. The number of rotatable bonds is 4. The summed E-state index contributed by atoms with van der Waals surface area (Å²) in [5, 5.41) is 15.7. The third-order valence-corrected chi connectivity index (χ3v) is 2.83. The van der Waals surface area contributed by atoms with Crippen molar-refractivity contribution in [1.29, 1.82) is 0 Å². The van der Waals surface area contributed by atoms with Crippen molar-refractivity contribution < 1.29 is 19.4 Å². The van der Waals surface area contributed by atoms with Crippen molar-refractivity contribution >= 4 is 11.9 Å². The molecule has 0 unspecified atom stereocenters. The summed E-state index contributed by atoms with van der Waals surface area (Å²) in [4.78, 5) is 22.7. The molecule has 0 spiro atoms. The lowest BCUT2D eigenvalue weighted by Crippen LogP contribution is -2.06. The van der Waals surface area contributed by atoms with E-state index < -0.39 is 11.9 Å². The summed E-state index contributed by atoms with van der Waals surface area (Å²) in [6, 6.07) is 6.16. The molecule has 0 saturated carbocycles. The van der Waals surface area contributed by atoms with Gasteiger partial charge in [0.1, 0.15) is 11.3 Å². The number of nitrogens with zero attached hydrogens (tertiary/aromatic N) is 1. The molecule has 0 amide bonds. The van der Waals surface area contributed by atoms with Crippen LogP contribution in [0.5, 0.6) is 0 Å². The summed E-state index contributed by atoms with van der Waals surface area (Å²) >= 11 is 0. The summed E-state index contributed by atoms with van der Waals surface area (Å²) in [5.74, 6) is -1.45. The number of hydrogen-bond donors (Lipinski definition) is 2. The Hall–Kier alpha value is -2.63. The molecule has 0 atom stereocenters. The van der Waals surface area contributed by atoms with E-state index in [0.717, 1.165) is 0 Å². The van der Waals surface area contributed by atoms with E-state index in [1.165, 1.54) is 12.1 Å². The molecule has 1 aromatic heterocycles. The van der Waals surface area contributed by atoms with Crippen LogP contribution in [0.4, 0.5) is 0 Å². The first-order valence-electron chi connectivity index (χ1n) is 6.10. The lowest BCUT2D eigenvalue weighted by molar-refractivity contribution is 0.0526. The molecule has 0 aliphatic rings. The Balaban J connectivity index is 2.42. The second kappa shape index (κ2) is 5.56. The van der Waals surface area contributed by atoms with Gasteiger partial charge in [-0.15, -0.1) is 0 Å². The molecule has 0 fully saturated rings. The Kier molecular flexibility index (Phi) is 3.84. The number of carboxylic acids is 1. The number of carboxylic acid groups (broad SMARTS) is 1. The van der Waals surface area contributed by atoms with E-state index in [4.69, 9.17) is 9.84 Å². The van der Waals surface area contributed by atoms with Crippen LogP contribution in [0.2, 0.25) is 0 Å². The van der Waals surface area contributed by atoms with E-state index in [9.17, 15) is 9.59 Å². The van der Waals surface area contributed by atoms with Crippen molar-refractivity contribution in [3.63, 3.8) is 0 Å². The maximum absolute atomic E-state index is 11.9. The van der Waals surface area contributed by atoms with E-state index in [1.807, 2.05) is 0 Å². The topological polar surface area (TPSA) is 92.3 Å². The molecule has 2 rings (SSSR count). The summed E-state index contributed by atoms with van der Waals surface area (Å²) in [7, 11) is 0. The fraction of sp³-hybridized carbons (Fsp3) is 0.214. The Morgan fingerprint density at radius 2 is 1.95 bits per heavy atom. The highest BCUT2D eigenvalue weighted by Gasteiger charge is 2.20. The monoisotopic (exact) mass is 274 g/mol. The number of H-pyrrole nitrogens is 1. The number of nitrogens with one attached hydrogen (secondary N) is 1. The maximum Gasteiger partial charge on any atom is 0.342 e. The number of benzene rings is 1. The molecular weight excluding hydrogens is 260 g/mol. The van der Waals surface area contributed by atoms with Gasteiger partial charge < -0.3 is 9.84 Å². The second-order valence-electron chi connectivity index (χ2n) is 4.18. The largest absolute Gasteiger partial charge is 0.478 e. The van der Waals surface area contributed by atoms with Crippen LogP contribution in [-0.2, 0) is 4.74 Å². The van der Waals surface area contributed by atoms with Gasteiger partial charge in [0.15, 0.2) is 0 Å². The number of esters is 1. The number of aromatic nitrogens is 2. The molecule has 2 aromatic rings. The first-order valence-corrected chi connectivity index (χ1v) is 6.10. The summed E-state index contributed by atoms with van der Waals surface area (Å²) < 4.78 is 5.00. The SMILES string of the molecule is CCOC(=O)c1c(-c2ccc(C(=O)O)cc2)n[nH]c1C. The van der Waals surface area contributed by atoms with Gasteiger partial charge >= 0.3 is 11.9 Å². The molecule has 0 radical (unpaired) electrons. The first kappa shape index (κ1) is 13.8. The molecule has 1 aromatic carbocycles. The minimum absolute atomic E-state index is 0.179. The molecule has 20 heavy (non-hydrogen) atoms. The van der Waals surface area contributed by atoms with E-state index in [0.29, 0.717) is 22.5 Å². The highest BCUT2D eigenvalue weighted by Crippen LogP contribution is 2.24. The second-order valence-corrected chi connectivity index (χ2v) is 4.18. The molecule has 0 saturated heterocycles. The average Bonchev–Trinajstić information content (AvgIpc) is 2.81. The van der Waals surface area contributed by atoms with E-state index in [2.05, 4.69) is 10.2 Å². The third kappa shape index (κ3) is 2.54. The van der Waals surface area contributed by atoms with Crippen LogP contribution < -0.4 is 0 Å². The highest BCUT2D eigenvalue weighted by molar-refractivity contribution is 5.97. The minimum Gasteiger partial charge on any atom is -0.478 e. The van der Waals surface area contributed by atoms with Crippen LogP contribution in [0, 0.1) is 6.92 Å². The number of carbonyl (C=O) groups is 2. The quantitative estimate of drug-likeness (QED) is 0.834. The van der Waals surface area contributed by atoms with Gasteiger partial charge in [-0.2, -0.15) is 5.10 Å². The molecule has 1 heterocycles. The van der Waals surface area contributed by atoms with Gasteiger partial charge in [-0.3, -0.25) is 5.10 Å². The van der Waals surface area contributed by atoms with Crippen molar-refractivity contribution in [3.8, 4) is 11.3 Å². The fourth-order valence-corrected chi connectivity index (χ4v) is 1.86. The zero-order valence-electron chi connectivity index (χ0n) is 11.1. The summed E-state index contributed by atoms with van der Waals surface area (Å²) in [6.07, 6.45) is 0. The third-order valence-electron chi connectivity index (χ3n) is 2.83. The smallest absolute Gasteiger partial charge is 0.342 e. The number of aromatic carboxylic acids is 1. The molecule has 104 valence electrons. The van der Waals surface area contributed by atoms with Gasteiger partial charge in [-0.1, -0.05) is 12.1 Å². The standard InChI is InChI=1S/C14H14N2O4/c1-3-20-14(19)11-8(2)15-16-12(11)9-4-6-10(7-5-9)13(17)18/h4-7H,3H2,1-2H3,(H,15,16)(H,17,18). The van der Waals surface area contributed by atoms with Crippen molar-refractivity contribution in [2.45, 2.75) is 13.8 Å². The Morgan fingerprint density at radius 3 is 2.50 bits per heavy atom. The Morgan fingerprint density at radius 1 is 1.30 bits per heavy atom. The van der Waals surface area contributed by atoms with Gasteiger partial charge in [0.25, 0.3) is 0 Å². The van der Waals surface area contributed by atoms with E-state index in [1.54, 1.807) is 26.0 Å². The van der Waals surface area contributed by atoms with Crippen molar-refractivity contribution in [2.24, 2.45) is 0 Å². The van der Waals surface area contributed by atoms with E-state index in [-0.39, 0.29) is 12.2 Å². The molecule has 6 heteroatoms. The lowest BCUT2D eigenvalue weighted by Gasteiger charge is -2.04. The zero-order valence-corrected chi connectivity index (χ0v) is 11.1. The molecule has 0 aliphatic heterocycles. The predicted molar refractivity (Wildman–Crippen MR) is 71.7 cm³/mol. The van der Waals surface area contributed by atoms with Crippen LogP contribution in [0.3, 0.4) is 0 Å². The number of ether oxygens (including phenoxy) is 1. The van der Waals surface area contributed by atoms with Gasteiger partial charge in [-0.25, -0.2) is 9.59 Å². The molecule has 6 nitrogen and oxygen atoms in total. The Bertz CT molecular complexity index is 644. The van der Waals surface area contributed by atoms with Crippen LogP contribution in [0.25, 0.3) is 11.3 Å². The van der Waals surface area contributed by atoms with Crippen LogP contribution in [-0.4, -0.2) is 33.8 Å². The number of aryl methyl sites for hydroxylation is 1. The highest BCUT2D eigenvalue weighted by atomic mass is 16.5. The predicted octanol–water partition coefficient (Wildman–Crippen LogP) is 2.26. The van der Waals surface area contributed by atoms with Crippen LogP contribution >= 0.6 is 0 Å². The maximum atomic E-state index is 11.9. The van der Waals surface area contributed by atoms with Crippen LogP contribution in [0.1, 0.15) is 33.3 Å². The van der Waals surface area contributed by atoms with Crippen molar-refractivity contribution in [1.82, 2.24) is 10.2 Å². The minimum atomic E-state index is -1.000. The van der Waals surface area contributed by atoms with Crippen LogP contribution in [0.15, 0.2) is 24.3 Å². The summed E-state index contributed by atoms with van der Waals surface area (Å²) in [5.41, 5.74) is 2.27. The van der Waals surface area contributed by atoms with Crippen molar-refractivity contribution in [3.05, 3.63) is 41.1 Å². The first-order chi connectivity index (χ1) is 9.54.